The number of nitrogens with one attached hydrogen (secondary N) is 1. The van der Waals surface area contributed by atoms with E-state index in [2.05, 4.69) is 32.3 Å². The minimum absolute atomic E-state index is 0.235. The largest absolute Gasteiger partial charge is 0.350 e. The lowest BCUT2D eigenvalue weighted by Gasteiger charge is -2.13. The fraction of sp³-hybridized carbons (Fsp3) is 0.429. The molecule has 8 heteroatoms. The summed E-state index contributed by atoms with van der Waals surface area (Å²) in [5.41, 5.74) is 4.07. The van der Waals surface area contributed by atoms with E-state index in [4.69, 9.17) is 0 Å². The van der Waals surface area contributed by atoms with E-state index in [0.29, 0.717) is 29.4 Å². The van der Waals surface area contributed by atoms with Crippen molar-refractivity contribution in [2.45, 2.75) is 51.5 Å². The van der Waals surface area contributed by atoms with Gasteiger partial charge in [-0.3, -0.25) is 0 Å². The molecule has 1 aliphatic carbocycles. The number of nitrogens with zero attached hydrogens (tertiary/aromatic N) is 5. The van der Waals surface area contributed by atoms with Crippen molar-refractivity contribution in [3.63, 3.8) is 0 Å². The highest BCUT2D eigenvalue weighted by atomic mass is 19.3. The van der Waals surface area contributed by atoms with E-state index in [1.54, 1.807) is 23.8 Å². The van der Waals surface area contributed by atoms with Gasteiger partial charge in [0.15, 0.2) is 5.82 Å². The van der Waals surface area contributed by atoms with Crippen LogP contribution in [-0.4, -0.2) is 37.8 Å². The number of aromatic nitrogens is 4. The van der Waals surface area contributed by atoms with Crippen LogP contribution < -0.4 is 5.32 Å². The van der Waals surface area contributed by atoms with E-state index in [0.717, 1.165) is 22.2 Å². The highest BCUT2D eigenvalue weighted by Gasteiger charge is 2.29. The number of rotatable bonds is 6. The zero-order chi connectivity index (χ0) is 20.1. The van der Waals surface area contributed by atoms with Crippen molar-refractivity contribution in [1.82, 2.24) is 19.6 Å². The second kappa shape index (κ2) is 6.86. The first-order valence-corrected chi connectivity index (χ1v) is 9.94. The maximum atomic E-state index is 13.0. The van der Waals surface area contributed by atoms with Crippen LogP contribution in [0.4, 0.5) is 20.5 Å². The highest BCUT2D eigenvalue weighted by Crippen LogP contribution is 2.40. The molecule has 3 aromatic rings. The molecule has 4 heterocycles. The molecular formula is C21H22F2N6. The average Bonchev–Trinajstić information content (AvgIpc) is 3.40. The number of anilines is 1. The van der Waals surface area contributed by atoms with E-state index in [1.807, 2.05) is 18.3 Å². The average molecular weight is 396 g/mol. The summed E-state index contributed by atoms with van der Waals surface area (Å²) in [6.45, 7) is 3.94. The number of halogens is 2. The van der Waals surface area contributed by atoms with Gasteiger partial charge in [-0.05, 0) is 44.7 Å². The predicted molar refractivity (Wildman–Crippen MR) is 108 cm³/mol. The molecule has 3 aromatic heterocycles. The van der Waals surface area contributed by atoms with Crippen molar-refractivity contribution in [2.24, 2.45) is 10.9 Å². The van der Waals surface area contributed by atoms with Gasteiger partial charge in [-0.2, -0.15) is 0 Å². The summed E-state index contributed by atoms with van der Waals surface area (Å²) < 4.78 is 27.8. The first-order valence-electron chi connectivity index (χ1n) is 9.94. The Bertz CT molecular complexity index is 1100. The summed E-state index contributed by atoms with van der Waals surface area (Å²) in [6.07, 6.45) is 5.29. The lowest BCUT2D eigenvalue weighted by Crippen LogP contribution is -2.19. The van der Waals surface area contributed by atoms with Gasteiger partial charge in [0.1, 0.15) is 0 Å². The SMILES string of the molecule is CC1=Nc2ncc(-c3ccn4nc(N[C@@H](C)C5CC5)ncc34)cc2C1CC(F)F. The van der Waals surface area contributed by atoms with E-state index in [9.17, 15) is 8.78 Å². The Morgan fingerprint density at radius 2 is 2.07 bits per heavy atom. The van der Waals surface area contributed by atoms with E-state index >= 15 is 0 Å². The van der Waals surface area contributed by atoms with Crippen LogP contribution >= 0.6 is 0 Å². The second-order valence-electron chi connectivity index (χ2n) is 7.98. The normalized spacial score (nSPS) is 19.5. The molecule has 1 N–H and O–H groups in total. The van der Waals surface area contributed by atoms with Crippen LogP contribution in [0.3, 0.4) is 0 Å². The van der Waals surface area contributed by atoms with E-state index in [1.165, 1.54) is 12.8 Å². The Morgan fingerprint density at radius 3 is 2.83 bits per heavy atom. The summed E-state index contributed by atoms with van der Waals surface area (Å²) in [6, 6.07) is 4.23. The monoisotopic (exact) mass is 396 g/mol. The van der Waals surface area contributed by atoms with Crippen LogP contribution in [0.1, 0.15) is 44.6 Å². The molecule has 0 spiro atoms. The van der Waals surface area contributed by atoms with Crippen molar-refractivity contribution in [1.29, 1.82) is 0 Å². The summed E-state index contributed by atoms with van der Waals surface area (Å²) >= 11 is 0. The standard InChI is InChI=1S/C21H22F2N6/c1-11(13-3-4-13)27-21-25-10-18-15(5-6-29(18)28-21)14-7-17-16(8-19(22)23)12(2)26-20(17)24-9-14/h5-7,9-11,13,16,19H,3-4,8H2,1-2H3,(H,27,28)/t11-,16?/m0/s1. The zero-order valence-corrected chi connectivity index (χ0v) is 16.3. The molecule has 0 saturated heterocycles. The van der Waals surface area contributed by atoms with Crippen molar-refractivity contribution in [3.8, 4) is 11.1 Å². The first kappa shape index (κ1) is 18.1. The van der Waals surface area contributed by atoms with Gasteiger partial charge in [-0.25, -0.2) is 28.3 Å². The Balaban J connectivity index is 1.46. The third-order valence-electron chi connectivity index (χ3n) is 5.88. The van der Waals surface area contributed by atoms with Gasteiger partial charge in [0, 0.05) is 53.2 Å². The zero-order valence-electron chi connectivity index (χ0n) is 16.3. The molecule has 150 valence electrons. The molecule has 1 saturated carbocycles. The minimum Gasteiger partial charge on any atom is -0.350 e. The third kappa shape index (κ3) is 3.36. The van der Waals surface area contributed by atoms with E-state index < -0.39 is 6.43 Å². The maximum absolute atomic E-state index is 13.0. The number of hydrogen-bond donors (Lipinski definition) is 1. The summed E-state index contributed by atoms with van der Waals surface area (Å²) in [4.78, 5) is 13.3. The smallest absolute Gasteiger partial charge is 0.241 e. The molecule has 2 atom stereocenters. The lowest BCUT2D eigenvalue weighted by atomic mass is 9.93. The fourth-order valence-electron chi connectivity index (χ4n) is 4.05. The molecule has 0 bridgehead atoms. The predicted octanol–water partition coefficient (Wildman–Crippen LogP) is 4.85. The molecule has 0 aromatic carbocycles. The molecule has 29 heavy (non-hydrogen) atoms. The molecule has 5 rings (SSSR count). The third-order valence-corrected chi connectivity index (χ3v) is 5.88. The highest BCUT2D eigenvalue weighted by molar-refractivity contribution is 5.96. The fourth-order valence-corrected chi connectivity index (χ4v) is 4.05. The van der Waals surface area contributed by atoms with Crippen LogP contribution in [0.5, 0.6) is 0 Å². The Morgan fingerprint density at radius 1 is 1.24 bits per heavy atom. The molecule has 6 nitrogen and oxygen atoms in total. The van der Waals surface area contributed by atoms with Crippen LogP contribution in [-0.2, 0) is 0 Å². The van der Waals surface area contributed by atoms with Crippen LogP contribution in [0.15, 0.2) is 35.7 Å². The number of alkyl halides is 2. The minimum atomic E-state index is -2.38. The lowest BCUT2D eigenvalue weighted by molar-refractivity contribution is 0.135. The summed E-state index contributed by atoms with van der Waals surface area (Å²) in [5.74, 6) is 1.46. The number of fused-ring (bicyclic) bond motifs is 2. The van der Waals surface area contributed by atoms with Crippen LogP contribution in [0.2, 0.25) is 0 Å². The van der Waals surface area contributed by atoms with Crippen molar-refractivity contribution >= 4 is 23.0 Å². The Labute approximate surface area is 167 Å². The van der Waals surface area contributed by atoms with Crippen LogP contribution in [0, 0.1) is 5.92 Å². The van der Waals surface area contributed by atoms with E-state index in [-0.39, 0.29) is 12.3 Å². The second-order valence-corrected chi connectivity index (χ2v) is 7.98. The van der Waals surface area contributed by atoms with Gasteiger partial charge >= 0.3 is 0 Å². The van der Waals surface area contributed by atoms with Gasteiger partial charge in [-0.1, -0.05) is 0 Å². The molecule has 1 aliphatic heterocycles. The molecule has 0 amide bonds. The van der Waals surface area contributed by atoms with Gasteiger partial charge in [0.05, 0.1) is 11.7 Å². The quantitative estimate of drug-likeness (QED) is 0.647. The molecular weight excluding hydrogens is 374 g/mol. The maximum Gasteiger partial charge on any atom is 0.241 e. The summed E-state index contributed by atoms with van der Waals surface area (Å²) in [7, 11) is 0. The van der Waals surface area contributed by atoms with Crippen molar-refractivity contribution in [2.75, 3.05) is 5.32 Å². The molecule has 1 unspecified atom stereocenters. The van der Waals surface area contributed by atoms with Gasteiger partial charge in [0.2, 0.25) is 12.4 Å². The summed E-state index contributed by atoms with van der Waals surface area (Å²) in [5, 5.41) is 7.93. The van der Waals surface area contributed by atoms with Gasteiger partial charge in [0.25, 0.3) is 0 Å². The van der Waals surface area contributed by atoms with Crippen molar-refractivity contribution in [3.05, 3.63) is 36.3 Å². The van der Waals surface area contributed by atoms with Crippen LogP contribution in [0.25, 0.3) is 16.6 Å². The molecule has 0 radical (unpaired) electrons. The Hall–Kier alpha value is -2.90. The topological polar surface area (TPSA) is 67.5 Å². The number of hydrogen-bond acceptors (Lipinski definition) is 5. The first-order chi connectivity index (χ1) is 14.0. The Kier molecular flexibility index (Phi) is 4.29. The van der Waals surface area contributed by atoms with Gasteiger partial charge < -0.3 is 5.32 Å². The molecule has 2 aliphatic rings. The number of pyridine rings is 1. The number of aliphatic imine (C=N–C) groups is 1. The molecule has 1 fully saturated rings. The van der Waals surface area contributed by atoms with Gasteiger partial charge in [-0.15, -0.1) is 5.10 Å². The van der Waals surface area contributed by atoms with Crippen molar-refractivity contribution < 1.29 is 8.78 Å².